The van der Waals surface area contributed by atoms with Crippen molar-refractivity contribution in [3.63, 3.8) is 0 Å². The van der Waals surface area contributed by atoms with E-state index in [0.717, 1.165) is 12.0 Å². The van der Waals surface area contributed by atoms with Gasteiger partial charge in [0, 0.05) is 25.0 Å². The molecular weight excluding hydrogens is 178 g/mol. The molecule has 3 atom stereocenters. The largest absolute Gasteiger partial charge is 0.297 e. The monoisotopic (exact) mass is 197 g/mol. The summed E-state index contributed by atoms with van der Waals surface area (Å²) in [7, 11) is 0. The third-order valence-corrected chi connectivity index (χ3v) is 3.66. The van der Waals surface area contributed by atoms with Gasteiger partial charge in [-0.1, -0.05) is 0 Å². The molecule has 1 aliphatic heterocycles. The predicted octanol–water partition coefficient (Wildman–Crippen LogP) is 0.239. The Kier molecular flexibility index (Phi) is 2.74. The summed E-state index contributed by atoms with van der Waals surface area (Å²) in [5.74, 6) is 5.91. The zero-order chi connectivity index (χ0) is 10.1. The third kappa shape index (κ3) is 1.77. The predicted molar refractivity (Wildman–Crippen MR) is 54.2 cm³/mol. The van der Waals surface area contributed by atoms with Gasteiger partial charge in [-0.3, -0.25) is 15.1 Å². The van der Waals surface area contributed by atoms with E-state index in [4.69, 9.17) is 5.84 Å². The molecule has 2 aliphatic rings. The number of nitrogens with one attached hydrogen (secondary N) is 1. The molecule has 4 heteroatoms. The second kappa shape index (κ2) is 3.87. The minimum Gasteiger partial charge on any atom is -0.297 e. The number of hydrogen-bond donors (Lipinski definition) is 2. The van der Waals surface area contributed by atoms with E-state index in [1.54, 1.807) is 0 Å². The molecule has 1 aliphatic carbocycles. The van der Waals surface area contributed by atoms with Gasteiger partial charge in [0.15, 0.2) is 0 Å². The van der Waals surface area contributed by atoms with E-state index in [2.05, 4.69) is 17.2 Å². The summed E-state index contributed by atoms with van der Waals surface area (Å²) in [6, 6.07) is 1.08. The number of hydrazine groups is 1. The number of hydrogen-bond acceptors (Lipinski definition) is 3. The van der Waals surface area contributed by atoms with Crippen LogP contribution in [0.15, 0.2) is 0 Å². The molecule has 4 nitrogen and oxygen atoms in total. The molecule has 0 aromatic carbocycles. The second-order valence-corrected chi connectivity index (χ2v) is 4.65. The Labute approximate surface area is 84.8 Å². The van der Waals surface area contributed by atoms with Gasteiger partial charge < -0.3 is 0 Å². The summed E-state index contributed by atoms with van der Waals surface area (Å²) in [4.78, 5) is 13.6. The maximum absolute atomic E-state index is 11.1. The zero-order valence-corrected chi connectivity index (χ0v) is 8.70. The highest BCUT2D eigenvalue weighted by molar-refractivity contribution is 5.75. The Balaban J connectivity index is 1.86. The number of amides is 1. The molecule has 1 saturated carbocycles. The lowest BCUT2D eigenvalue weighted by atomic mass is 10.1. The highest BCUT2D eigenvalue weighted by Crippen LogP contribution is 2.38. The minimum absolute atomic E-state index is 0.0553. The molecule has 0 aromatic heterocycles. The number of rotatable bonds is 3. The molecular formula is C10H19N3O. The van der Waals surface area contributed by atoms with Crippen LogP contribution in [-0.2, 0) is 4.79 Å². The average molecular weight is 197 g/mol. The van der Waals surface area contributed by atoms with Crippen molar-refractivity contribution in [2.45, 2.75) is 44.7 Å². The van der Waals surface area contributed by atoms with Gasteiger partial charge in [-0.2, -0.15) is 0 Å². The van der Waals surface area contributed by atoms with Gasteiger partial charge in [0.05, 0.1) is 0 Å². The van der Waals surface area contributed by atoms with Crippen LogP contribution in [0.25, 0.3) is 0 Å². The molecule has 0 spiro atoms. The molecule has 0 radical (unpaired) electrons. The fourth-order valence-corrected chi connectivity index (χ4v) is 2.95. The van der Waals surface area contributed by atoms with Crippen LogP contribution in [0.1, 0.15) is 32.6 Å². The van der Waals surface area contributed by atoms with E-state index < -0.39 is 0 Å². The van der Waals surface area contributed by atoms with Gasteiger partial charge in [-0.05, 0) is 32.1 Å². The molecule has 1 amide bonds. The number of piperidine rings is 1. The molecule has 1 heterocycles. The number of likely N-dealkylation sites (tertiary alicyclic amines) is 1. The third-order valence-electron chi connectivity index (χ3n) is 3.66. The van der Waals surface area contributed by atoms with Crippen molar-refractivity contribution in [1.82, 2.24) is 10.3 Å². The first-order valence-electron chi connectivity index (χ1n) is 5.46. The van der Waals surface area contributed by atoms with Gasteiger partial charge in [0.2, 0.25) is 5.91 Å². The fraction of sp³-hybridized carbons (Fsp3) is 0.900. The molecule has 1 saturated heterocycles. The van der Waals surface area contributed by atoms with Crippen molar-refractivity contribution >= 4 is 5.91 Å². The maximum atomic E-state index is 11.1. The van der Waals surface area contributed by atoms with E-state index in [-0.39, 0.29) is 5.91 Å². The zero-order valence-electron chi connectivity index (χ0n) is 8.70. The molecule has 3 unspecified atom stereocenters. The van der Waals surface area contributed by atoms with E-state index in [0.29, 0.717) is 12.5 Å². The van der Waals surface area contributed by atoms with Crippen LogP contribution in [0.2, 0.25) is 0 Å². The summed E-state index contributed by atoms with van der Waals surface area (Å²) in [5, 5.41) is 0. The van der Waals surface area contributed by atoms with Gasteiger partial charge >= 0.3 is 0 Å². The van der Waals surface area contributed by atoms with Crippen molar-refractivity contribution in [3.8, 4) is 0 Å². The van der Waals surface area contributed by atoms with Crippen molar-refractivity contribution in [1.29, 1.82) is 0 Å². The molecule has 2 bridgehead atoms. The van der Waals surface area contributed by atoms with Crippen molar-refractivity contribution in [2.75, 3.05) is 6.54 Å². The van der Waals surface area contributed by atoms with Crippen LogP contribution < -0.4 is 11.3 Å². The number of fused-ring (bicyclic) bond motifs is 2. The molecule has 14 heavy (non-hydrogen) atoms. The van der Waals surface area contributed by atoms with E-state index in [9.17, 15) is 4.79 Å². The van der Waals surface area contributed by atoms with Gasteiger partial charge in [0.25, 0.3) is 0 Å². The standard InChI is InChI=1S/C10H19N3O/c1-7(4-10(14)12-11)13-6-8-2-3-9(13)5-8/h7-9H,2-6,11H2,1H3,(H,12,14). The molecule has 80 valence electrons. The summed E-state index contributed by atoms with van der Waals surface area (Å²) in [6.07, 6.45) is 4.57. The summed E-state index contributed by atoms with van der Waals surface area (Å²) < 4.78 is 0. The first-order valence-corrected chi connectivity index (χ1v) is 5.46. The Morgan fingerprint density at radius 1 is 1.64 bits per heavy atom. The highest BCUT2D eigenvalue weighted by Gasteiger charge is 2.39. The molecule has 0 aromatic rings. The van der Waals surface area contributed by atoms with Gasteiger partial charge in [-0.25, -0.2) is 5.84 Å². The summed E-state index contributed by atoms with van der Waals surface area (Å²) >= 11 is 0. The van der Waals surface area contributed by atoms with Crippen LogP contribution in [0.3, 0.4) is 0 Å². The van der Waals surface area contributed by atoms with Crippen LogP contribution in [-0.4, -0.2) is 29.4 Å². The topological polar surface area (TPSA) is 58.4 Å². The SMILES string of the molecule is CC(CC(=O)NN)N1CC2CCC1C2. The Morgan fingerprint density at radius 3 is 2.93 bits per heavy atom. The normalized spacial score (nSPS) is 33.3. The fourth-order valence-electron chi connectivity index (χ4n) is 2.95. The lowest BCUT2D eigenvalue weighted by Gasteiger charge is -2.32. The minimum atomic E-state index is -0.0553. The van der Waals surface area contributed by atoms with E-state index >= 15 is 0 Å². The first kappa shape index (κ1) is 9.93. The van der Waals surface area contributed by atoms with Crippen molar-refractivity contribution < 1.29 is 4.79 Å². The Bertz CT molecular complexity index is 231. The highest BCUT2D eigenvalue weighted by atomic mass is 16.2. The van der Waals surface area contributed by atoms with E-state index in [1.807, 2.05) is 0 Å². The average Bonchev–Trinajstić information content (AvgIpc) is 2.78. The molecule has 2 fully saturated rings. The van der Waals surface area contributed by atoms with Crippen LogP contribution in [0.4, 0.5) is 0 Å². The summed E-state index contributed by atoms with van der Waals surface area (Å²) in [5.41, 5.74) is 2.20. The summed E-state index contributed by atoms with van der Waals surface area (Å²) in [6.45, 7) is 3.31. The Hall–Kier alpha value is -0.610. The number of nitrogens with two attached hydrogens (primary N) is 1. The lowest BCUT2D eigenvalue weighted by molar-refractivity contribution is -0.122. The van der Waals surface area contributed by atoms with Crippen LogP contribution in [0, 0.1) is 5.92 Å². The van der Waals surface area contributed by atoms with Crippen molar-refractivity contribution in [2.24, 2.45) is 11.8 Å². The lowest BCUT2D eigenvalue weighted by Crippen LogP contribution is -2.43. The van der Waals surface area contributed by atoms with Gasteiger partial charge in [-0.15, -0.1) is 0 Å². The molecule has 2 rings (SSSR count). The van der Waals surface area contributed by atoms with Gasteiger partial charge in [0.1, 0.15) is 0 Å². The molecule has 3 N–H and O–H groups in total. The first-order chi connectivity index (χ1) is 6.70. The smallest absolute Gasteiger partial charge is 0.235 e. The number of nitrogens with zero attached hydrogens (tertiary/aromatic N) is 1. The van der Waals surface area contributed by atoms with Crippen molar-refractivity contribution in [3.05, 3.63) is 0 Å². The Morgan fingerprint density at radius 2 is 2.43 bits per heavy atom. The van der Waals surface area contributed by atoms with Crippen LogP contribution >= 0.6 is 0 Å². The van der Waals surface area contributed by atoms with Crippen LogP contribution in [0.5, 0.6) is 0 Å². The quantitative estimate of drug-likeness (QED) is 0.387. The number of carbonyl (C=O) groups is 1. The van der Waals surface area contributed by atoms with E-state index in [1.165, 1.54) is 25.8 Å². The maximum Gasteiger partial charge on any atom is 0.235 e. The second-order valence-electron chi connectivity index (χ2n) is 4.65. The number of carbonyl (C=O) groups excluding carboxylic acids is 1.